The zero-order valence-electron chi connectivity index (χ0n) is 12.3. The summed E-state index contributed by atoms with van der Waals surface area (Å²) in [7, 11) is 0. The molecule has 2 aliphatic rings. The van der Waals surface area contributed by atoms with Crippen LogP contribution in [0.2, 0.25) is 5.02 Å². The SMILES string of the molecule is CC1(C)C(Nc2cc(Cl)ccc2C#N)[C@]2(C)CC[C@H]1C2. The van der Waals surface area contributed by atoms with Crippen LogP contribution in [0, 0.1) is 28.1 Å². The molecule has 0 radical (unpaired) electrons. The predicted octanol–water partition coefficient (Wildman–Crippen LogP) is 4.84. The van der Waals surface area contributed by atoms with Gasteiger partial charge >= 0.3 is 0 Å². The number of anilines is 1. The molecule has 20 heavy (non-hydrogen) atoms. The molecule has 3 heteroatoms. The summed E-state index contributed by atoms with van der Waals surface area (Å²) in [6.45, 7) is 7.10. The summed E-state index contributed by atoms with van der Waals surface area (Å²) in [4.78, 5) is 0. The van der Waals surface area contributed by atoms with Crippen LogP contribution < -0.4 is 5.32 Å². The van der Waals surface area contributed by atoms with E-state index in [-0.39, 0.29) is 5.41 Å². The summed E-state index contributed by atoms with van der Waals surface area (Å²) in [5, 5.41) is 13.6. The number of hydrogen-bond donors (Lipinski definition) is 1. The Labute approximate surface area is 126 Å². The lowest BCUT2D eigenvalue weighted by Gasteiger charge is -2.43. The fraction of sp³-hybridized carbons (Fsp3) is 0.588. The molecular formula is C17H21ClN2. The Balaban J connectivity index is 1.96. The molecule has 106 valence electrons. The van der Waals surface area contributed by atoms with Crippen molar-refractivity contribution in [3.63, 3.8) is 0 Å². The van der Waals surface area contributed by atoms with Crippen LogP contribution in [-0.2, 0) is 0 Å². The van der Waals surface area contributed by atoms with Crippen molar-refractivity contribution in [2.45, 2.75) is 46.1 Å². The van der Waals surface area contributed by atoms with Crippen molar-refractivity contribution < 1.29 is 0 Å². The zero-order chi connectivity index (χ0) is 14.5. The number of halogens is 1. The van der Waals surface area contributed by atoms with E-state index in [9.17, 15) is 5.26 Å². The lowest BCUT2D eigenvalue weighted by molar-refractivity contribution is 0.155. The van der Waals surface area contributed by atoms with Crippen LogP contribution in [0.15, 0.2) is 18.2 Å². The molecule has 2 aliphatic carbocycles. The molecule has 1 aromatic rings. The highest BCUT2D eigenvalue weighted by molar-refractivity contribution is 6.30. The number of benzene rings is 1. The second kappa shape index (κ2) is 4.40. The Bertz CT molecular complexity index is 582. The third-order valence-electron chi connectivity index (χ3n) is 5.67. The first kappa shape index (κ1) is 13.8. The molecule has 2 bridgehead atoms. The summed E-state index contributed by atoms with van der Waals surface area (Å²) in [6, 6.07) is 8.12. The van der Waals surface area contributed by atoms with E-state index in [4.69, 9.17) is 11.6 Å². The van der Waals surface area contributed by atoms with Crippen molar-refractivity contribution in [3.8, 4) is 6.07 Å². The van der Waals surface area contributed by atoms with E-state index >= 15 is 0 Å². The minimum atomic E-state index is 0.266. The van der Waals surface area contributed by atoms with Gasteiger partial charge in [-0.25, -0.2) is 0 Å². The maximum absolute atomic E-state index is 9.28. The van der Waals surface area contributed by atoms with Gasteiger partial charge in [-0.3, -0.25) is 0 Å². The molecule has 3 rings (SSSR count). The molecule has 0 saturated heterocycles. The molecule has 2 nitrogen and oxygen atoms in total. The molecule has 1 aromatic carbocycles. The van der Waals surface area contributed by atoms with E-state index in [2.05, 4.69) is 32.2 Å². The molecule has 0 aliphatic heterocycles. The Morgan fingerprint density at radius 1 is 1.35 bits per heavy atom. The normalized spacial score (nSPS) is 34.0. The van der Waals surface area contributed by atoms with Gasteiger partial charge in [0, 0.05) is 11.1 Å². The summed E-state index contributed by atoms with van der Waals surface area (Å²) in [5.74, 6) is 0.787. The first-order chi connectivity index (χ1) is 9.37. The van der Waals surface area contributed by atoms with Crippen LogP contribution in [-0.4, -0.2) is 6.04 Å². The molecule has 0 amide bonds. The molecular weight excluding hydrogens is 268 g/mol. The van der Waals surface area contributed by atoms with Crippen LogP contribution >= 0.6 is 11.6 Å². The Morgan fingerprint density at radius 2 is 2.10 bits per heavy atom. The lowest BCUT2D eigenvalue weighted by atomic mass is 9.68. The van der Waals surface area contributed by atoms with E-state index in [0.29, 0.717) is 22.0 Å². The van der Waals surface area contributed by atoms with Crippen LogP contribution in [0.25, 0.3) is 0 Å². The van der Waals surface area contributed by atoms with Gasteiger partial charge in [-0.2, -0.15) is 5.26 Å². The first-order valence-corrected chi connectivity index (χ1v) is 7.71. The highest BCUT2D eigenvalue weighted by Gasteiger charge is 2.59. The average Bonchev–Trinajstić information content (AvgIpc) is 2.86. The number of nitrogens with one attached hydrogen (secondary N) is 1. The van der Waals surface area contributed by atoms with Crippen molar-refractivity contribution in [1.29, 1.82) is 5.26 Å². The lowest BCUT2D eigenvalue weighted by Crippen LogP contribution is -2.45. The maximum atomic E-state index is 9.28. The van der Waals surface area contributed by atoms with Gasteiger partial charge in [0.15, 0.2) is 0 Å². The van der Waals surface area contributed by atoms with Crippen LogP contribution in [0.5, 0.6) is 0 Å². The Kier molecular flexibility index (Phi) is 3.03. The minimum Gasteiger partial charge on any atom is -0.380 e. The molecule has 0 aromatic heterocycles. The third kappa shape index (κ3) is 1.91. The number of hydrogen-bond acceptors (Lipinski definition) is 2. The smallest absolute Gasteiger partial charge is 0.101 e. The molecule has 1 N–H and O–H groups in total. The van der Waals surface area contributed by atoms with Gasteiger partial charge in [-0.15, -0.1) is 0 Å². The summed E-state index contributed by atoms with van der Waals surface area (Å²) < 4.78 is 0. The number of nitrogens with zero attached hydrogens (tertiary/aromatic N) is 1. The fourth-order valence-corrected chi connectivity index (χ4v) is 4.72. The van der Waals surface area contributed by atoms with Gasteiger partial charge in [0.25, 0.3) is 0 Å². The summed E-state index contributed by atoms with van der Waals surface area (Å²) in [6.07, 6.45) is 3.91. The second-order valence-corrected chi connectivity index (χ2v) is 7.73. The van der Waals surface area contributed by atoms with E-state index in [0.717, 1.165) is 11.6 Å². The average molecular weight is 289 g/mol. The number of fused-ring (bicyclic) bond motifs is 2. The quantitative estimate of drug-likeness (QED) is 0.845. The number of rotatable bonds is 2. The summed E-state index contributed by atoms with van der Waals surface area (Å²) >= 11 is 6.09. The van der Waals surface area contributed by atoms with E-state index in [1.807, 2.05) is 6.07 Å². The van der Waals surface area contributed by atoms with Gasteiger partial charge in [-0.05, 0) is 54.2 Å². The topological polar surface area (TPSA) is 35.8 Å². The van der Waals surface area contributed by atoms with Crippen LogP contribution in [0.1, 0.15) is 45.6 Å². The van der Waals surface area contributed by atoms with Gasteiger partial charge < -0.3 is 5.32 Å². The Morgan fingerprint density at radius 3 is 2.70 bits per heavy atom. The number of nitriles is 1. The zero-order valence-corrected chi connectivity index (χ0v) is 13.1. The standard InChI is InChI=1S/C17H21ClN2/c1-16(2)12-6-7-17(3,9-12)15(16)20-14-8-13(18)5-4-11(14)10-19/h4-5,8,12,15,20H,6-7,9H2,1-3H3/t12-,15?,17+/m0/s1. The van der Waals surface area contributed by atoms with Gasteiger partial charge in [-0.1, -0.05) is 32.4 Å². The monoisotopic (exact) mass is 288 g/mol. The van der Waals surface area contributed by atoms with Gasteiger partial charge in [0.05, 0.1) is 11.3 Å². The van der Waals surface area contributed by atoms with E-state index < -0.39 is 0 Å². The second-order valence-electron chi connectivity index (χ2n) is 7.29. The molecule has 2 saturated carbocycles. The molecule has 1 unspecified atom stereocenters. The largest absolute Gasteiger partial charge is 0.380 e. The molecule has 0 spiro atoms. The minimum absolute atomic E-state index is 0.266. The molecule has 3 atom stereocenters. The highest BCUT2D eigenvalue weighted by Crippen LogP contribution is 2.63. The highest BCUT2D eigenvalue weighted by atomic mass is 35.5. The van der Waals surface area contributed by atoms with Crippen molar-refractivity contribution in [2.24, 2.45) is 16.7 Å². The first-order valence-electron chi connectivity index (χ1n) is 7.33. The van der Waals surface area contributed by atoms with Crippen molar-refractivity contribution in [1.82, 2.24) is 0 Å². The van der Waals surface area contributed by atoms with Gasteiger partial charge in [0.2, 0.25) is 0 Å². The fourth-order valence-electron chi connectivity index (χ4n) is 4.55. The van der Waals surface area contributed by atoms with Crippen LogP contribution in [0.3, 0.4) is 0 Å². The van der Waals surface area contributed by atoms with Crippen molar-refractivity contribution >= 4 is 17.3 Å². The molecule has 2 fully saturated rings. The predicted molar refractivity (Wildman–Crippen MR) is 82.8 cm³/mol. The molecule has 0 heterocycles. The summed E-state index contributed by atoms with van der Waals surface area (Å²) in [5.41, 5.74) is 2.16. The van der Waals surface area contributed by atoms with E-state index in [1.165, 1.54) is 19.3 Å². The maximum Gasteiger partial charge on any atom is 0.101 e. The third-order valence-corrected chi connectivity index (χ3v) is 5.91. The Hall–Kier alpha value is -1.20. The van der Waals surface area contributed by atoms with Crippen molar-refractivity contribution in [2.75, 3.05) is 5.32 Å². The van der Waals surface area contributed by atoms with E-state index in [1.54, 1.807) is 12.1 Å². The van der Waals surface area contributed by atoms with Crippen molar-refractivity contribution in [3.05, 3.63) is 28.8 Å². The van der Waals surface area contributed by atoms with Crippen LogP contribution in [0.4, 0.5) is 5.69 Å². The van der Waals surface area contributed by atoms with Gasteiger partial charge in [0.1, 0.15) is 6.07 Å².